The lowest BCUT2D eigenvalue weighted by Gasteiger charge is -2.36. The van der Waals surface area contributed by atoms with E-state index in [1.54, 1.807) is 0 Å². The summed E-state index contributed by atoms with van der Waals surface area (Å²) in [5, 5.41) is 1.91. The van der Waals surface area contributed by atoms with Crippen LogP contribution in [-0.4, -0.2) is 45.4 Å². The molecule has 2 aliphatic rings. The van der Waals surface area contributed by atoms with Crippen molar-refractivity contribution in [3.05, 3.63) is 81.6 Å². The Morgan fingerprint density at radius 2 is 1.60 bits per heavy atom. The Morgan fingerprint density at radius 1 is 1.00 bits per heavy atom. The number of carbonyl (C=O) groups excluding carboxylic acids is 4. The minimum atomic E-state index is -1.32. The number of imide groups is 1. The maximum Gasteiger partial charge on any atom is 0.275 e. The van der Waals surface area contributed by atoms with Gasteiger partial charge in [0.1, 0.15) is 11.9 Å². The van der Waals surface area contributed by atoms with Crippen molar-refractivity contribution >= 4 is 58.3 Å². The van der Waals surface area contributed by atoms with Gasteiger partial charge >= 0.3 is 0 Å². The van der Waals surface area contributed by atoms with Crippen LogP contribution in [0.3, 0.4) is 0 Å². The van der Waals surface area contributed by atoms with Crippen LogP contribution in [0.5, 0.6) is 0 Å². The lowest BCUT2D eigenvalue weighted by atomic mass is 9.85. The summed E-state index contributed by atoms with van der Waals surface area (Å²) in [7, 11) is 0. The number of nitrogens with zero attached hydrogens (tertiary/aromatic N) is 2. The number of hydrogen-bond donors (Lipinski definition) is 0. The fourth-order valence-electron chi connectivity index (χ4n) is 4.43. The van der Waals surface area contributed by atoms with Gasteiger partial charge in [-0.15, -0.1) is 11.6 Å². The number of halogens is 4. The van der Waals surface area contributed by atoms with Crippen LogP contribution in [0.25, 0.3) is 0 Å². The van der Waals surface area contributed by atoms with Crippen molar-refractivity contribution in [2.75, 3.05) is 5.88 Å². The molecule has 0 aromatic heterocycles. The second kappa shape index (κ2) is 10.5. The average molecular weight is 538 g/mol. The third-order valence-corrected chi connectivity index (χ3v) is 6.94. The first-order valence-corrected chi connectivity index (χ1v) is 12.2. The Kier molecular flexibility index (Phi) is 7.59. The summed E-state index contributed by atoms with van der Waals surface area (Å²) >= 11 is 18.3. The fourth-order valence-corrected chi connectivity index (χ4v) is 5.12. The first-order valence-electron chi connectivity index (χ1n) is 10.9. The van der Waals surface area contributed by atoms with Gasteiger partial charge in [0.25, 0.3) is 17.7 Å². The van der Waals surface area contributed by atoms with Gasteiger partial charge < -0.3 is 0 Å². The summed E-state index contributed by atoms with van der Waals surface area (Å²) < 4.78 is 13.5. The molecule has 1 aliphatic heterocycles. The zero-order chi connectivity index (χ0) is 25.3. The molecule has 3 amide bonds. The molecule has 3 atom stereocenters. The van der Waals surface area contributed by atoms with Gasteiger partial charge in [-0.05, 0) is 61.7 Å². The van der Waals surface area contributed by atoms with Gasteiger partial charge in [0.2, 0.25) is 0 Å². The van der Waals surface area contributed by atoms with Crippen LogP contribution >= 0.6 is 34.8 Å². The fraction of sp³-hybridized carbons (Fsp3) is 0.280. The van der Waals surface area contributed by atoms with E-state index in [1.165, 1.54) is 30.3 Å². The molecule has 2 aromatic rings. The molecule has 0 unspecified atom stereocenters. The summed E-state index contributed by atoms with van der Waals surface area (Å²) in [4.78, 5) is 54.2. The molecule has 1 saturated heterocycles. The van der Waals surface area contributed by atoms with E-state index in [2.05, 4.69) is 0 Å². The smallest absolute Gasteiger partial charge is 0.275 e. The number of fused-ring (bicyclic) bond motifs is 1. The minimum absolute atomic E-state index is 0.00969. The lowest BCUT2D eigenvalue weighted by Crippen LogP contribution is -2.57. The number of ketones is 1. The first kappa shape index (κ1) is 25.4. The Bertz CT molecular complexity index is 1190. The number of benzene rings is 2. The van der Waals surface area contributed by atoms with Crippen molar-refractivity contribution in [1.29, 1.82) is 0 Å². The SMILES string of the molecule is O=C(c1ccc(F)cc1)[C@H](CCCl)N(C(=O)c1ccc(Cl)cc1Cl)N1C(=O)[C@@H]2CC=CC[C@H]2C1=O. The van der Waals surface area contributed by atoms with Crippen LogP contribution in [0.15, 0.2) is 54.6 Å². The predicted octanol–water partition coefficient (Wildman–Crippen LogP) is 5.32. The van der Waals surface area contributed by atoms with Crippen molar-refractivity contribution < 1.29 is 23.6 Å². The second-order valence-electron chi connectivity index (χ2n) is 8.28. The minimum Gasteiger partial charge on any atom is -0.292 e. The van der Waals surface area contributed by atoms with E-state index in [0.29, 0.717) is 12.8 Å². The topological polar surface area (TPSA) is 74.8 Å². The molecule has 10 heteroatoms. The van der Waals surface area contributed by atoms with Crippen LogP contribution < -0.4 is 0 Å². The number of rotatable bonds is 7. The standard InChI is InChI=1S/C25H20Cl3FN2O4/c26-12-11-21(22(32)14-5-8-16(29)9-6-14)30(25(35)19-10-7-15(27)13-20(19)28)31-23(33)17-3-1-2-4-18(17)24(31)34/h1-2,5-10,13,17-18,21H,3-4,11-12H2/t17-,18-,21+/m1/s1. The highest BCUT2D eigenvalue weighted by molar-refractivity contribution is 6.36. The number of allylic oxidation sites excluding steroid dienone is 2. The highest BCUT2D eigenvalue weighted by atomic mass is 35.5. The van der Waals surface area contributed by atoms with Crippen molar-refractivity contribution in [3.8, 4) is 0 Å². The maximum absolute atomic E-state index is 13.8. The number of Topliss-reactive ketones (excluding diaryl/α,β-unsaturated/α-hetero) is 1. The van der Waals surface area contributed by atoms with Crippen LogP contribution in [0.4, 0.5) is 4.39 Å². The lowest BCUT2D eigenvalue weighted by molar-refractivity contribution is -0.156. The van der Waals surface area contributed by atoms with Gasteiger partial charge in [-0.3, -0.25) is 19.2 Å². The Balaban J connectivity index is 1.83. The molecule has 0 radical (unpaired) electrons. The summed E-state index contributed by atoms with van der Waals surface area (Å²) in [6, 6.07) is 7.60. The van der Waals surface area contributed by atoms with Gasteiger partial charge in [0.05, 0.1) is 22.4 Å². The van der Waals surface area contributed by atoms with Crippen molar-refractivity contribution in [2.45, 2.75) is 25.3 Å². The monoisotopic (exact) mass is 536 g/mol. The number of alkyl halides is 1. The van der Waals surface area contributed by atoms with E-state index in [1.807, 2.05) is 12.2 Å². The maximum atomic E-state index is 13.8. The quantitative estimate of drug-likeness (QED) is 0.207. The van der Waals surface area contributed by atoms with Crippen molar-refractivity contribution in [1.82, 2.24) is 10.0 Å². The van der Waals surface area contributed by atoms with Crippen LogP contribution in [0.1, 0.15) is 40.0 Å². The van der Waals surface area contributed by atoms with Crippen LogP contribution in [0, 0.1) is 17.7 Å². The molecule has 35 heavy (non-hydrogen) atoms. The zero-order valence-corrected chi connectivity index (χ0v) is 20.6. The molecule has 6 nitrogen and oxygen atoms in total. The molecule has 0 N–H and O–H groups in total. The normalized spacial score (nSPS) is 20.1. The van der Waals surface area contributed by atoms with E-state index in [9.17, 15) is 23.6 Å². The molecule has 4 rings (SSSR count). The van der Waals surface area contributed by atoms with Gasteiger partial charge in [-0.25, -0.2) is 9.40 Å². The Labute approximate surface area is 216 Å². The second-order valence-corrected chi connectivity index (χ2v) is 9.50. The first-order chi connectivity index (χ1) is 16.7. The van der Waals surface area contributed by atoms with E-state index < -0.39 is 47.2 Å². The number of hydrazine groups is 1. The van der Waals surface area contributed by atoms with Crippen molar-refractivity contribution in [2.24, 2.45) is 11.8 Å². The molecule has 1 aliphatic carbocycles. The van der Waals surface area contributed by atoms with Gasteiger partial charge in [0, 0.05) is 16.5 Å². The molecular formula is C25H20Cl3FN2O4. The molecule has 1 heterocycles. The van der Waals surface area contributed by atoms with Crippen molar-refractivity contribution in [3.63, 3.8) is 0 Å². The van der Waals surface area contributed by atoms with Crippen LogP contribution in [0.2, 0.25) is 10.0 Å². The van der Waals surface area contributed by atoms with E-state index in [-0.39, 0.29) is 33.5 Å². The zero-order valence-electron chi connectivity index (χ0n) is 18.3. The summed E-state index contributed by atoms with van der Waals surface area (Å²) in [6.45, 7) is 0. The third-order valence-electron chi connectivity index (χ3n) is 6.18. The molecule has 0 bridgehead atoms. The Hall–Kier alpha value is -2.74. The molecule has 2 aromatic carbocycles. The van der Waals surface area contributed by atoms with E-state index >= 15 is 0 Å². The molecule has 0 saturated carbocycles. The van der Waals surface area contributed by atoms with Gasteiger partial charge in [0.15, 0.2) is 5.78 Å². The summed E-state index contributed by atoms with van der Waals surface area (Å²) in [5.41, 5.74) is 0.0517. The van der Waals surface area contributed by atoms with E-state index in [0.717, 1.165) is 22.2 Å². The van der Waals surface area contributed by atoms with Gasteiger partial charge in [-0.2, -0.15) is 5.01 Å². The average Bonchev–Trinajstić information content (AvgIpc) is 3.09. The predicted molar refractivity (Wildman–Crippen MR) is 130 cm³/mol. The molecule has 182 valence electrons. The highest BCUT2D eigenvalue weighted by Gasteiger charge is 2.53. The number of carbonyl (C=O) groups is 4. The highest BCUT2D eigenvalue weighted by Crippen LogP contribution is 2.38. The number of amides is 3. The summed E-state index contributed by atoms with van der Waals surface area (Å²) in [6.07, 6.45) is 4.26. The third kappa shape index (κ3) is 4.85. The van der Waals surface area contributed by atoms with E-state index in [4.69, 9.17) is 34.8 Å². The molecule has 0 spiro atoms. The Morgan fingerprint density at radius 3 is 2.14 bits per heavy atom. The van der Waals surface area contributed by atoms with Gasteiger partial charge in [-0.1, -0.05) is 35.4 Å². The largest absolute Gasteiger partial charge is 0.292 e. The summed E-state index contributed by atoms with van der Waals surface area (Å²) in [5.74, 6) is -4.45. The molecule has 1 fully saturated rings. The van der Waals surface area contributed by atoms with Crippen LogP contribution in [-0.2, 0) is 9.59 Å². The number of hydrogen-bond acceptors (Lipinski definition) is 4. The molecular weight excluding hydrogens is 518 g/mol.